The summed E-state index contributed by atoms with van der Waals surface area (Å²) in [6.07, 6.45) is 6.04. The van der Waals surface area contributed by atoms with Gasteiger partial charge in [0.1, 0.15) is 0 Å². The van der Waals surface area contributed by atoms with Crippen LogP contribution in [0.2, 0.25) is 0 Å². The third-order valence-electron chi connectivity index (χ3n) is 3.54. The van der Waals surface area contributed by atoms with Crippen LogP contribution in [0, 0.1) is 6.92 Å². The lowest BCUT2D eigenvalue weighted by molar-refractivity contribution is 0.965. The fraction of sp³-hybridized carbons (Fsp3) is 0.333. The minimum absolute atomic E-state index is 1.16. The molecule has 1 aromatic rings. The molecule has 2 aliphatic carbocycles. The van der Waals surface area contributed by atoms with Gasteiger partial charge in [0, 0.05) is 0 Å². The van der Waals surface area contributed by atoms with Gasteiger partial charge in [-0.15, -0.1) is 0 Å². The predicted molar refractivity (Wildman–Crippen MR) is 64.8 cm³/mol. The molecule has 2 aliphatic rings. The van der Waals surface area contributed by atoms with Crippen LogP contribution in [0.4, 0.5) is 0 Å². The summed E-state index contributed by atoms with van der Waals surface area (Å²) in [6.45, 7) is 4.43. The number of allylic oxidation sites excluding steroid dienone is 4. The average Bonchev–Trinajstić information content (AvgIpc) is 2.53. The largest absolute Gasteiger partial charge is 0.0727 e. The summed E-state index contributed by atoms with van der Waals surface area (Å²) in [7, 11) is 0. The molecule has 76 valence electrons. The Labute approximate surface area is 91.3 Å². The first-order valence-electron chi connectivity index (χ1n) is 5.73. The Morgan fingerprint density at radius 3 is 2.80 bits per heavy atom. The quantitative estimate of drug-likeness (QED) is 0.587. The van der Waals surface area contributed by atoms with Crippen molar-refractivity contribution in [3.63, 3.8) is 0 Å². The maximum Gasteiger partial charge on any atom is -0.00167 e. The third-order valence-corrected chi connectivity index (χ3v) is 3.54. The van der Waals surface area contributed by atoms with Gasteiger partial charge < -0.3 is 0 Å². The monoisotopic (exact) mass is 196 g/mol. The van der Waals surface area contributed by atoms with Crippen molar-refractivity contribution in [2.75, 3.05) is 0 Å². The van der Waals surface area contributed by atoms with Crippen molar-refractivity contribution in [2.45, 2.75) is 33.1 Å². The van der Waals surface area contributed by atoms with Gasteiger partial charge in [0.15, 0.2) is 0 Å². The van der Waals surface area contributed by atoms with Crippen LogP contribution in [0.5, 0.6) is 0 Å². The second-order valence-electron chi connectivity index (χ2n) is 4.83. The van der Waals surface area contributed by atoms with Crippen molar-refractivity contribution in [3.05, 3.63) is 52.1 Å². The molecule has 0 heterocycles. The van der Waals surface area contributed by atoms with Crippen molar-refractivity contribution < 1.29 is 0 Å². The summed E-state index contributed by atoms with van der Waals surface area (Å²) in [4.78, 5) is 0. The molecule has 0 aliphatic heterocycles. The van der Waals surface area contributed by atoms with Crippen molar-refractivity contribution in [1.82, 2.24) is 0 Å². The van der Waals surface area contributed by atoms with Gasteiger partial charge in [-0.2, -0.15) is 0 Å². The SMILES string of the molecule is CC1=CC2=C(CC1)c1ccc(C)cc1C2. The molecule has 0 aromatic heterocycles. The van der Waals surface area contributed by atoms with E-state index in [0.717, 1.165) is 6.42 Å². The normalized spacial score (nSPS) is 18.7. The predicted octanol–water partition coefficient (Wildman–Crippen LogP) is 4.04. The molecule has 0 radical (unpaired) electrons. The van der Waals surface area contributed by atoms with Crippen LogP contribution in [0.25, 0.3) is 5.57 Å². The molecule has 0 fully saturated rings. The highest BCUT2D eigenvalue weighted by atomic mass is 14.3. The van der Waals surface area contributed by atoms with Crippen molar-refractivity contribution in [2.24, 2.45) is 0 Å². The molecule has 1 aromatic carbocycles. The van der Waals surface area contributed by atoms with E-state index < -0.39 is 0 Å². The van der Waals surface area contributed by atoms with Gasteiger partial charge in [0.2, 0.25) is 0 Å². The van der Waals surface area contributed by atoms with Crippen LogP contribution in [0.1, 0.15) is 36.5 Å². The molecule has 15 heavy (non-hydrogen) atoms. The Kier molecular flexibility index (Phi) is 1.85. The van der Waals surface area contributed by atoms with Crippen LogP contribution in [0.3, 0.4) is 0 Å². The van der Waals surface area contributed by atoms with Gasteiger partial charge in [0.05, 0.1) is 0 Å². The molecule has 0 atom stereocenters. The highest BCUT2D eigenvalue weighted by Gasteiger charge is 2.22. The van der Waals surface area contributed by atoms with Crippen LogP contribution in [0.15, 0.2) is 35.4 Å². The van der Waals surface area contributed by atoms with E-state index in [1.165, 1.54) is 29.5 Å². The fourth-order valence-corrected chi connectivity index (χ4v) is 2.77. The Morgan fingerprint density at radius 1 is 1.07 bits per heavy atom. The minimum Gasteiger partial charge on any atom is -0.0727 e. The van der Waals surface area contributed by atoms with Gasteiger partial charge >= 0.3 is 0 Å². The Hall–Kier alpha value is -1.30. The average molecular weight is 196 g/mol. The van der Waals surface area contributed by atoms with Crippen molar-refractivity contribution >= 4 is 5.57 Å². The highest BCUT2D eigenvalue weighted by molar-refractivity contribution is 5.80. The lowest BCUT2D eigenvalue weighted by Gasteiger charge is -2.12. The van der Waals surface area contributed by atoms with Gasteiger partial charge in [-0.3, -0.25) is 0 Å². The van der Waals surface area contributed by atoms with E-state index in [4.69, 9.17) is 0 Å². The lowest BCUT2D eigenvalue weighted by Crippen LogP contribution is -1.92. The van der Waals surface area contributed by atoms with E-state index in [1.807, 2.05) is 0 Å². The number of hydrogen-bond donors (Lipinski definition) is 0. The summed E-state index contributed by atoms with van der Waals surface area (Å²) < 4.78 is 0. The highest BCUT2D eigenvalue weighted by Crippen LogP contribution is 2.40. The molecule has 0 saturated heterocycles. The minimum atomic E-state index is 1.16. The molecule has 0 bridgehead atoms. The fourth-order valence-electron chi connectivity index (χ4n) is 2.77. The Balaban J connectivity index is 2.12. The molecule has 0 heteroatoms. The molecular formula is C15H16. The number of fused-ring (bicyclic) bond motifs is 2. The molecular weight excluding hydrogens is 180 g/mol. The third kappa shape index (κ3) is 1.36. The van der Waals surface area contributed by atoms with E-state index in [9.17, 15) is 0 Å². The van der Waals surface area contributed by atoms with Gasteiger partial charge in [-0.05, 0) is 55.4 Å². The zero-order valence-electron chi connectivity index (χ0n) is 9.43. The van der Waals surface area contributed by atoms with Gasteiger partial charge in [-0.1, -0.05) is 35.4 Å². The van der Waals surface area contributed by atoms with Gasteiger partial charge in [0.25, 0.3) is 0 Å². The summed E-state index contributed by atoms with van der Waals surface area (Å²) >= 11 is 0. The Bertz CT molecular complexity index is 487. The summed E-state index contributed by atoms with van der Waals surface area (Å²) in [5.41, 5.74) is 9.15. The second-order valence-corrected chi connectivity index (χ2v) is 4.83. The zero-order valence-corrected chi connectivity index (χ0v) is 9.43. The number of aryl methyl sites for hydroxylation is 1. The molecule has 0 spiro atoms. The van der Waals surface area contributed by atoms with Gasteiger partial charge in [-0.25, -0.2) is 0 Å². The summed E-state index contributed by atoms with van der Waals surface area (Å²) in [5.74, 6) is 0. The maximum absolute atomic E-state index is 2.40. The molecule has 0 amide bonds. The second kappa shape index (κ2) is 3.10. The molecule has 0 saturated carbocycles. The molecule has 0 unspecified atom stereocenters. The smallest absolute Gasteiger partial charge is 0.00167 e. The van der Waals surface area contributed by atoms with Crippen LogP contribution >= 0.6 is 0 Å². The van der Waals surface area contributed by atoms with E-state index in [1.54, 1.807) is 16.7 Å². The van der Waals surface area contributed by atoms with Crippen molar-refractivity contribution in [3.8, 4) is 0 Å². The van der Waals surface area contributed by atoms with E-state index in [0.29, 0.717) is 0 Å². The number of hydrogen-bond acceptors (Lipinski definition) is 0. The zero-order chi connectivity index (χ0) is 10.4. The summed E-state index contributed by atoms with van der Waals surface area (Å²) in [5, 5.41) is 0. The standard InChI is InChI=1S/C15H16/c1-10-3-5-14-12(7-10)9-13-8-11(2)4-6-15(13)14/h3,5,7-8H,4,6,9H2,1-2H3. The first-order valence-corrected chi connectivity index (χ1v) is 5.73. The molecule has 0 nitrogen and oxygen atoms in total. The number of rotatable bonds is 0. The first kappa shape index (κ1) is 8.96. The van der Waals surface area contributed by atoms with E-state index >= 15 is 0 Å². The van der Waals surface area contributed by atoms with Crippen LogP contribution in [-0.2, 0) is 6.42 Å². The van der Waals surface area contributed by atoms with Crippen molar-refractivity contribution in [1.29, 1.82) is 0 Å². The number of benzene rings is 1. The molecule has 0 N–H and O–H groups in total. The van der Waals surface area contributed by atoms with Crippen LogP contribution in [-0.4, -0.2) is 0 Å². The first-order chi connectivity index (χ1) is 7.24. The van der Waals surface area contributed by atoms with E-state index in [2.05, 4.69) is 38.1 Å². The summed E-state index contributed by atoms with van der Waals surface area (Å²) in [6, 6.07) is 6.89. The maximum atomic E-state index is 2.40. The Morgan fingerprint density at radius 2 is 1.93 bits per heavy atom. The van der Waals surface area contributed by atoms with Crippen LogP contribution < -0.4 is 0 Å². The molecule has 3 rings (SSSR count). The lowest BCUT2D eigenvalue weighted by atomic mass is 9.93. The topological polar surface area (TPSA) is 0 Å². The van der Waals surface area contributed by atoms with E-state index in [-0.39, 0.29) is 0 Å².